The number of hydrogen-bond donors (Lipinski definition) is 1. The molecule has 102 valence electrons. The molecule has 0 radical (unpaired) electrons. The summed E-state index contributed by atoms with van der Waals surface area (Å²) >= 11 is 0. The average Bonchev–Trinajstić information content (AvgIpc) is 2.95. The van der Waals surface area contributed by atoms with Gasteiger partial charge in [-0.05, 0) is 38.5 Å². The number of hydrogen-bond acceptors (Lipinski definition) is 3. The Labute approximate surface area is 107 Å². The first kappa shape index (κ1) is 13.3. The lowest BCUT2D eigenvalue weighted by atomic mass is 9.97. The largest absolute Gasteiger partial charge is 0.480 e. The van der Waals surface area contributed by atoms with Crippen LogP contribution in [0.4, 0.5) is 0 Å². The van der Waals surface area contributed by atoms with Gasteiger partial charge in [-0.1, -0.05) is 0 Å². The Morgan fingerprint density at radius 2 is 2.28 bits per heavy atom. The van der Waals surface area contributed by atoms with Gasteiger partial charge >= 0.3 is 5.97 Å². The molecule has 2 fully saturated rings. The number of rotatable bonds is 4. The van der Waals surface area contributed by atoms with Gasteiger partial charge in [-0.3, -0.25) is 4.79 Å². The van der Waals surface area contributed by atoms with Crippen molar-refractivity contribution in [2.24, 2.45) is 5.92 Å². The first-order valence-corrected chi connectivity index (χ1v) is 6.65. The van der Waals surface area contributed by atoms with Crippen molar-refractivity contribution < 1.29 is 19.4 Å². The van der Waals surface area contributed by atoms with Crippen molar-refractivity contribution in [3.8, 4) is 0 Å². The molecule has 0 saturated carbocycles. The molecule has 0 aliphatic carbocycles. The number of amides is 1. The molecule has 0 aromatic heterocycles. The Hall–Kier alpha value is -1.10. The van der Waals surface area contributed by atoms with E-state index < -0.39 is 11.5 Å². The number of carbonyl (C=O) groups is 2. The van der Waals surface area contributed by atoms with Crippen molar-refractivity contribution in [1.82, 2.24) is 4.90 Å². The molecule has 18 heavy (non-hydrogen) atoms. The third kappa shape index (κ3) is 2.51. The molecule has 1 amide bonds. The van der Waals surface area contributed by atoms with E-state index in [9.17, 15) is 14.7 Å². The summed E-state index contributed by atoms with van der Waals surface area (Å²) in [4.78, 5) is 25.0. The van der Waals surface area contributed by atoms with Crippen LogP contribution in [0, 0.1) is 5.92 Å². The molecule has 0 aromatic carbocycles. The van der Waals surface area contributed by atoms with Gasteiger partial charge in [-0.15, -0.1) is 0 Å². The minimum absolute atomic E-state index is 0.0238. The summed E-state index contributed by atoms with van der Waals surface area (Å²) in [5.74, 6) is -0.450. The van der Waals surface area contributed by atoms with Crippen LogP contribution in [0.2, 0.25) is 0 Å². The van der Waals surface area contributed by atoms with Crippen LogP contribution < -0.4 is 0 Å². The maximum absolute atomic E-state index is 12.1. The maximum Gasteiger partial charge on any atom is 0.329 e. The Kier molecular flexibility index (Phi) is 3.90. The molecular weight excluding hydrogens is 234 g/mol. The number of carbonyl (C=O) groups excluding carboxylic acids is 1. The summed E-state index contributed by atoms with van der Waals surface area (Å²) in [5.41, 5.74) is -0.997. The molecule has 2 rings (SSSR count). The molecule has 0 bridgehead atoms. The molecule has 2 saturated heterocycles. The quantitative estimate of drug-likeness (QED) is 0.821. The van der Waals surface area contributed by atoms with E-state index in [1.807, 2.05) is 0 Å². The van der Waals surface area contributed by atoms with Crippen molar-refractivity contribution in [3.63, 3.8) is 0 Å². The standard InChI is InChI=1S/C13H21NO4/c1-13(12(16)17)6-2-7-14(13)11(15)4-3-10-5-8-18-9-10/h10H,2-9H2,1H3,(H,16,17). The highest BCUT2D eigenvalue weighted by Gasteiger charge is 2.45. The molecule has 2 aliphatic rings. The molecule has 5 nitrogen and oxygen atoms in total. The SMILES string of the molecule is CC1(C(=O)O)CCCN1C(=O)CCC1CCOC1. The van der Waals surface area contributed by atoms with Gasteiger partial charge in [-0.2, -0.15) is 0 Å². The van der Waals surface area contributed by atoms with E-state index in [1.54, 1.807) is 11.8 Å². The Bertz CT molecular complexity index is 338. The highest BCUT2D eigenvalue weighted by Crippen LogP contribution is 2.30. The summed E-state index contributed by atoms with van der Waals surface area (Å²) in [6.07, 6.45) is 3.60. The Balaban J connectivity index is 1.89. The molecule has 1 N–H and O–H groups in total. The van der Waals surface area contributed by atoms with Crippen LogP contribution in [0.1, 0.15) is 39.0 Å². The third-order valence-electron chi connectivity index (χ3n) is 4.19. The van der Waals surface area contributed by atoms with Crippen LogP contribution in [0.3, 0.4) is 0 Å². The number of carboxylic acid groups (broad SMARTS) is 1. The van der Waals surface area contributed by atoms with E-state index in [0.717, 1.165) is 32.5 Å². The maximum atomic E-state index is 12.1. The van der Waals surface area contributed by atoms with Crippen molar-refractivity contribution in [2.45, 2.75) is 44.6 Å². The highest BCUT2D eigenvalue weighted by molar-refractivity contribution is 5.87. The molecule has 2 aliphatic heterocycles. The van der Waals surface area contributed by atoms with E-state index in [4.69, 9.17) is 4.74 Å². The topological polar surface area (TPSA) is 66.8 Å². The molecule has 0 spiro atoms. The van der Waals surface area contributed by atoms with Gasteiger partial charge in [-0.25, -0.2) is 4.79 Å². The summed E-state index contributed by atoms with van der Waals surface area (Å²) in [6, 6.07) is 0. The summed E-state index contributed by atoms with van der Waals surface area (Å²) in [5, 5.41) is 9.26. The van der Waals surface area contributed by atoms with Crippen LogP contribution in [-0.4, -0.2) is 47.2 Å². The smallest absolute Gasteiger partial charge is 0.329 e. The average molecular weight is 255 g/mol. The zero-order chi connectivity index (χ0) is 13.2. The lowest BCUT2D eigenvalue weighted by Gasteiger charge is -2.31. The molecule has 2 unspecified atom stereocenters. The van der Waals surface area contributed by atoms with Crippen LogP contribution in [0.15, 0.2) is 0 Å². The minimum Gasteiger partial charge on any atom is -0.480 e. The Morgan fingerprint density at radius 3 is 2.89 bits per heavy atom. The monoisotopic (exact) mass is 255 g/mol. The normalized spacial score (nSPS) is 31.8. The third-order valence-corrected chi connectivity index (χ3v) is 4.19. The predicted octanol–water partition coefficient (Wildman–Crippen LogP) is 1.27. The van der Waals surface area contributed by atoms with Crippen molar-refractivity contribution in [2.75, 3.05) is 19.8 Å². The van der Waals surface area contributed by atoms with E-state index in [2.05, 4.69) is 0 Å². The van der Waals surface area contributed by atoms with Crippen LogP contribution in [0.5, 0.6) is 0 Å². The minimum atomic E-state index is -0.997. The van der Waals surface area contributed by atoms with Gasteiger partial charge in [0.05, 0.1) is 0 Å². The molecular formula is C13H21NO4. The molecule has 2 heterocycles. The van der Waals surface area contributed by atoms with E-state index >= 15 is 0 Å². The second kappa shape index (κ2) is 5.26. The molecule has 0 aromatic rings. The number of carboxylic acids is 1. The predicted molar refractivity (Wildman–Crippen MR) is 65.1 cm³/mol. The van der Waals surface area contributed by atoms with Gasteiger partial charge in [0.25, 0.3) is 0 Å². The van der Waals surface area contributed by atoms with Crippen LogP contribution in [0.25, 0.3) is 0 Å². The van der Waals surface area contributed by atoms with Crippen LogP contribution >= 0.6 is 0 Å². The summed E-state index contributed by atoms with van der Waals surface area (Å²) in [6.45, 7) is 3.75. The van der Waals surface area contributed by atoms with Crippen molar-refractivity contribution >= 4 is 11.9 Å². The fraction of sp³-hybridized carbons (Fsp3) is 0.846. The van der Waals surface area contributed by atoms with Crippen LogP contribution in [-0.2, 0) is 14.3 Å². The second-order valence-electron chi connectivity index (χ2n) is 5.50. The van der Waals surface area contributed by atoms with E-state index in [0.29, 0.717) is 25.3 Å². The fourth-order valence-electron chi connectivity index (χ4n) is 2.86. The van der Waals surface area contributed by atoms with Gasteiger partial charge in [0, 0.05) is 26.2 Å². The second-order valence-corrected chi connectivity index (χ2v) is 5.50. The zero-order valence-electron chi connectivity index (χ0n) is 10.9. The fourth-order valence-corrected chi connectivity index (χ4v) is 2.86. The van der Waals surface area contributed by atoms with Gasteiger partial charge in [0.15, 0.2) is 0 Å². The van der Waals surface area contributed by atoms with Gasteiger partial charge < -0.3 is 14.7 Å². The Morgan fingerprint density at radius 1 is 1.50 bits per heavy atom. The number of likely N-dealkylation sites (tertiary alicyclic amines) is 1. The lowest BCUT2D eigenvalue weighted by Crippen LogP contribution is -2.50. The molecule has 5 heteroatoms. The number of nitrogens with zero attached hydrogens (tertiary/aromatic N) is 1. The van der Waals surface area contributed by atoms with Crippen molar-refractivity contribution in [3.05, 3.63) is 0 Å². The van der Waals surface area contributed by atoms with Gasteiger partial charge in [0.1, 0.15) is 5.54 Å². The molecule has 2 atom stereocenters. The number of ether oxygens (including phenoxy) is 1. The lowest BCUT2D eigenvalue weighted by molar-refractivity contribution is -0.155. The zero-order valence-corrected chi connectivity index (χ0v) is 10.9. The summed E-state index contributed by atoms with van der Waals surface area (Å²) < 4.78 is 5.28. The summed E-state index contributed by atoms with van der Waals surface area (Å²) in [7, 11) is 0. The first-order chi connectivity index (χ1) is 8.54. The first-order valence-electron chi connectivity index (χ1n) is 6.65. The van der Waals surface area contributed by atoms with Gasteiger partial charge in [0.2, 0.25) is 5.91 Å². The van der Waals surface area contributed by atoms with Crippen molar-refractivity contribution in [1.29, 1.82) is 0 Å². The van der Waals surface area contributed by atoms with E-state index in [1.165, 1.54) is 0 Å². The van der Waals surface area contributed by atoms with E-state index in [-0.39, 0.29) is 5.91 Å². The number of aliphatic carboxylic acids is 1. The highest BCUT2D eigenvalue weighted by atomic mass is 16.5.